The van der Waals surface area contributed by atoms with Crippen molar-refractivity contribution in [2.45, 2.75) is 37.8 Å². The molecule has 1 aliphatic carbocycles. The third kappa shape index (κ3) is 4.90. The van der Waals surface area contributed by atoms with Gasteiger partial charge in [0.15, 0.2) is 11.6 Å². The van der Waals surface area contributed by atoms with E-state index in [0.29, 0.717) is 35.5 Å². The third-order valence-corrected chi connectivity index (χ3v) is 6.49. The summed E-state index contributed by atoms with van der Waals surface area (Å²) in [5.41, 5.74) is -0.155. The first-order chi connectivity index (χ1) is 15.4. The summed E-state index contributed by atoms with van der Waals surface area (Å²) in [5.74, 6) is -1.07. The van der Waals surface area contributed by atoms with Gasteiger partial charge in [-0.3, -0.25) is 4.79 Å². The molecule has 33 heavy (non-hydrogen) atoms. The highest BCUT2D eigenvalue weighted by atomic mass is 35.5. The van der Waals surface area contributed by atoms with Crippen molar-refractivity contribution < 1.29 is 19.0 Å². The Labute approximate surface area is 207 Å². The second-order valence-electron chi connectivity index (χ2n) is 8.42. The van der Waals surface area contributed by atoms with Gasteiger partial charge < -0.3 is 24.6 Å². The Morgan fingerprint density at radius 1 is 1.30 bits per heavy atom. The van der Waals surface area contributed by atoms with Crippen LogP contribution in [0.5, 0.6) is 5.75 Å². The van der Waals surface area contributed by atoms with Gasteiger partial charge in [-0.05, 0) is 44.2 Å². The van der Waals surface area contributed by atoms with Crippen LogP contribution in [0.4, 0.5) is 10.1 Å². The molecule has 182 valence electrons. The normalized spacial score (nSPS) is 21.6. The van der Waals surface area contributed by atoms with Gasteiger partial charge in [0.2, 0.25) is 5.43 Å². The highest BCUT2D eigenvalue weighted by Crippen LogP contribution is 2.45. The molecule has 0 amide bonds. The van der Waals surface area contributed by atoms with Gasteiger partial charge in [-0.1, -0.05) is 0 Å². The van der Waals surface area contributed by atoms with Crippen LogP contribution >= 0.6 is 35.6 Å². The summed E-state index contributed by atoms with van der Waals surface area (Å²) >= 11 is 9.53. The van der Waals surface area contributed by atoms with Crippen LogP contribution in [0.2, 0.25) is 0 Å². The largest absolute Gasteiger partial charge is 0.492 e. The topological polar surface area (TPSA) is 83.8 Å². The van der Waals surface area contributed by atoms with E-state index in [2.05, 4.69) is 5.32 Å². The van der Waals surface area contributed by atoms with Crippen molar-refractivity contribution in [2.24, 2.45) is 5.92 Å². The Balaban J connectivity index is 0.000000728. The number of nitrogens with one attached hydrogen (secondary N) is 1. The summed E-state index contributed by atoms with van der Waals surface area (Å²) < 4.78 is 22.8. The van der Waals surface area contributed by atoms with Crippen molar-refractivity contribution in [3.05, 3.63) is 33.9 Å². The maximum atomic E-state index is 15.3. The summed E-state index contributed by atoms with van der Waals surface area (Å²) in [6.07, 6.45) is 5.40. The van der Waals surface area contributed by atoms with Gasteiger partial charge in [-0.25, -0.2) is 9.18 Å². The minimum absolute atomic E-state index is 0. The monoisotopic (exact) mass is 521 g/mol. The molecule has 1 saturated carbocycles. The maximum absolute atomic E-state index is 15.3. The minimum Gasteiger partial charge on any atom is -0.492 e. The maximum Gasteiger partial charge on any atom is 0.341 e. The van der Waals surface area contributed by atoms with Crippen molar-refractivity contribution in [2.75, 3.05) is 37.0 Å². The lowest BCUT2D eigenvalue weighted by Gasteiger charge is -2.25. The van der Waals surface area contributed by atoms with Crippen LogP contribution in [0.25, 0.3) is 10.9 Å². The van der Waals surface area contributed by atoms with Crippen LogP contribution in [0, 0.1) is 11.7 Å². The molecule has 0 bridgehead atoms. The zero-order valence-corrected chi connectivity index (χ0v) is 20.5. The summed E-state index contributed by atoms with van der Waals surface area (Å²) in [6, 6.07) is 1.62. The number of nitrogens with zero attached hydrogens (tertiary/aromatic N) is 2. The molecule has 7 nitrogen and oxygen atoms in total. The zero-order chi connectivity index (χ0) is 23.0. The minimum atomic E-state index is -1.30. The number of benzene rings is 1. The van der Waals surface area contributed by atoms with E-state index in [1.807, 2.05) is 4.90 Å². The predicted octanol–water partition coefficient (Wildman–Crippen LogP) is 4.21. The van der Waals surface area contributed by atoms with Gasteiger partial charge >= 0.3 is 5.97 Å². The number of halogens is 4. The molecule has 5 rings (SSSR count). The second kappa shape index (κ2) is 10.7. The highest BCUT2D eigenvalue weighted by Gasteiger charge is 2.38. The molecule has 3 heterocycles. The number of rotatable bonds is 4. The fraction of sp³-hybridized carbons (Fsp3) is 0.545. The number of carboxylic acid groups (broad SMARTS) is 1. The fourth-order valence-corrected chi connectivity index (χ4v) is 4.95. The number of fused-ring (bicyclic) bond motifs is 2. The standard InChI is InChI=1S/C21H24FN3O4.CH2Cl2.ClH/c1-29-20-17-13(19(26)14(21(27)28)9-25(17)12-4-5-12)7-15(22)18(20)24-8-11-3-2-6-23-16(11)10-24;2-1-3;/h7,9,11-12,16,23H,2-6,8,10H2,1H3,(H,27,28);1H2;1H/t11-,16+;;/m0../s1. The molecule has 2 aromatic rings. The predicted molar refractivity (Wildman–Crippen MR) is 130 cm³/mol. The van der Waals surface area contributed by atoms with Crippen LogP contribution < -0.4 is 20.4 Å². The highest BCUT2D eigenvalue weighted by molar-refractivity contribution is 6.40. The van der Waals surface area contributed by atoms with E-state index in [1.54, 1.807) is 4.57 Å². The number of pyridine rings is 1. The number of carbonyl (C=O) groups is 1. The van der Waals surface area contributed by atoms with E-state index >= 15 is 4.39 Å². The van der Waals surface area contributed by atoms with Crippen molar-refractivity contribution in [1.29, 1.82) is 0 Å². The number of aromatic nitrogens is 1. The van der Waals surface area contributed by atoms with E-state index < -0.39 is 17.2 Å². The fourth-order valence-electron chi connectivity index (χ4n) is 4.95. The number of aromatic carboxylic acids is 1. The molecule has 2 saturated heterocycles. The molecule has 1 aromatic carbocycles. The Bertz CT molecular complexity index is 1080. The third-order valence-electron chi connectivity index (χ3n) is 6.49. The number of alkyl halides is 2. The van der Waals surface area contributed by atoms with Gasteiger partial charge in [0.1, 0.15) is 11.3 Å². The first kappa shape index (κ1) is 25.9. The first-order valence-electron chi connectivity index (χ1n) is 10.7. The molecule has 0 radical (unpaired) electrons. The van der Waals surface area contributed by atoms with E-state index in [0.717, 1.165) is 38.8 Å². The molecule has 3 aliphatic rings. The lowest BCUT2D eigenvalue weighted by atomic mass is 9.94. The molecule has 11 heteroatoms. The van der Waals surface area contributed by atoms with E-state index in [4.69, 9.17) is 27.9 Å². The number of hydrogen-bond acceptors (Lipinski definition) is 5. The first-order valence-corrected chi connectivity index (χ1v) is 11.8. The molecule has 0 spiro atoms. The van der Waals surface area contributed by atoms with Gasteiger partial charge in [0, 0.05) is 31.4 Å². The quantitative estimate of drug-likeness (QED) is 0.585. The Kier molecular flexibility index (Phi) is 8.37. The Hall–Kier alpha value is -1.74. The average molecular weight is 523 g/mol. The van der Waals surface area contributed by atoms with Crippen LogP contribution in [-0.2, 0) is 0 Å². The summed E-state index contributed by atoms with van der Waals surface area (Å²) in [6.45, 7) is 2.40. The molecule has 0 unspecified atom stereocenters. The number of carboxylic acids is 1. The van der Waals surface area contributed by atoms with Gasteiger partial charge in [-0.15, -0.1) is 35.6 Å². The average Bonchev–Trinajstić information content (AvgIpc) is 3.52. The molecular weight excluding hydrogens is 496 g/mol. The van der Waals surface area contributed by atoms with Gasteiger partial charge in [-0.2, -0.15) is 0 Å². The molecule has 2 N–H and O–H groups in total. The second-order valence-corrected chi connectivity index (χ2v) is 9.23. The zero-order valence-electron chi connectivity index (χ0n) is 18.2. The lowest BCUT2D eigenvalue weighted by Crippen LogP contribution is -2.40. The lowest BCUT2D eigenvalue weighted by molar-refractivity contribution is 0.0695. The van der Waals surface area contributed by atoms with Crippen LogP contribution in [0.1, 0.15) is 42.1 Å². The summed E-state index contributed by atoms with van der Waals surface area (Å²) in [4.78, 5) is 26.4. The van der Waals surface area contributed by atoms with E-state index in [1.165, 1.54) is 19.4 Å². The SMILES string of the molecule is COc1c(N2C[C@@H]3CCCN[C@@H]3C2)c(F)cc2c(=O)c(C(=O)O)cn(C3CC3)c12.Cl.ClCCl. The Morgan fingerprint density at radius 2 is 2.00 bits per heavy atom. The van der Waals surface area contributed by atoms with Gasteiger partial charge in [0.05, 0.1) is 23.4 Å². The molecule has 2 atom stereocenters. The molecule has 1 aromatic heterocycles. The van der Waals surface area contributed by atoms with E-state index in [9.17, 15) is 14.7 Å². The van der Waals surface area contributed by atoms with Crippen molar-refractivity contribution in [3.63, 3.8) is 0 Å². The van der Waals surface area contributed by atoms with E-state index in [-0.39, 0.29) is 34.7 Å². The van der Waals surface area contributed by atoms with Crippen LogP contribution in [0.15, 0.2) is 17.1 Å². The number of anilines is 1. The molecular formula is C22H27Cl3FN3O4. The number of methoxy groups -OCH3 is 1. The number of piperidine rings is 1. The van der Waals surface area contributed by atoms with Crippen molar-refractivity contribution >= 4 is 58.2 Å². The summed E-state index contributed by atoms with van der Waals surface area (Å²) in [7, 11) is 1.48. The number of ether oxygens (including phenoxy) is 1. The summed E-state index contributed by atoms with van der Waals surface area (Å²) in [5, 5.41) is 13.2. The number of hydrogen-bond donors (Lipinski definition) is 2. The van der Waals surface area contributed by atoms with Crippen molar-refractivity contribution in [1.82, 2.24) is 9.88 Å². The smallest absolute Gasteiger partial charge is 0.341 e. The Morgan fingerprint density at radius 3 is 2.58 bits per heavy atom. The van der Waals surface area contributed by atoms with Crippen LogP contribution in [0.3, 0.4) is 0 Å². The molecule has 3 fully saturated rings. The molecule has 2 aliphatic heterocycles. The van der Waals surface area contributed by atoms with Crippen LogP contribution in [-0.4, -0.2) is 53.8 Å². The van der Waals surface area contributed by atoms with Gasteiger partial charge in [0.25, 0.3) is 0 Å². The van der Waals surface area contributed by atoms with Crippen molar-refractivity contribution in [3.8, 4) is 5.75 Å².